The first kappa shape index (κ1) is 18.9. The maximum Gasteiger partial charge on any atom is 0.255 e. The minimum atomic E-state index is -0.641. The Labute approximate surface area is 178 Å². The summed E-state index contributed by atoms with van der Waals surface area (Å²) >= 11 is 0. The minimum absolute atomic E-state index is 0.217. The monoisotopic (exact) mass is 416 g/mol. The van der Waals surface area contributed by atoms with Crippen molar-refractivity contribution in [2.45, 2.75) is 25.4 Å². The topological polar surface area (TPSA) is 107 Å². The summed E-state index contributed by atoms with van der Waals surface area (Å²) < 4.78 is 7.87. The van der Waals surface area contributed by atoms with Gasteiger partial charge < -0.3 is 19.9 Å². The summed E-state index contributed by atoms with van der Waals surface area (Å²) in [6.45, 7) is 0.290. The molecule has 2 aliphatic heterocycles. The van der Waals surface area contributed by atoms with Gasteiger partial charge in [0.15, 0.2) is 5.75 Å². The second-order valence-electron chi connectivity index (χ2n) is 7.64. The molecule has 1 saturated heterocycles. The van der Waals surface area contributed by atoms with Crippen LogP contribution in [0.3, 0.4) is 0 Å². The number of rotatable bonds is 4. The molecule has 0 saturated carbocycles. The lowest BCUT2D eigenvalue weighted by Crippen LogP contribution is -2.52. The number of nitrogens with one attached hydrogen (secondary N) is 1. The number of anilines is 1. The zero-order valence-electron chi connectivity index (χ0n) is 16.6. The summed E-state index contributed by atoms with van der Waals surface area (Å²) in [4.78, 5) is 37.9. The Balaban J connectivity index is 1.36. The third-order valence-electron chi connectivity index (χ3n) is 5.60. The molecular formula is C23H20N4O4. The molecule has 0 spiro atoms. The largest absolute Gasteiger partial charge is 0.454 e. The van der Waals surface area contributed by atoms with Gasteiger partial charge in [0.25, 0.3) is 5.91 Å². The van der Waals surface area contributed by atoms with Gasteiger partial charge in [-0.1, -0.05) is 18.2 Å². The average molecular weight is 416 g/mol. The van der Waals surface area contributed by atoms with E-state index >= 15 is 0 Å². The van der Waals surface area contributed by atoms with E-state index in [-0.39, 0.29) is 24.8 Å². The van der Waals surface area contributed by atoms with E-state index in [2.05, 4.69) is 5.32 Å². The number of amides is 3. The fourth-order valence-electron chi connectivity index (χ4n) is 4.03. The number of nitrogens with zero attached hydrogens (tertiary/aromatic N) is 2. The van der Waals surface area contributed by atoms with E-state index in [1.165, 1.54) is 4.90 Å². The van der Waals surface area contributed by atoms with Crippen molar-refractivity contribution in [3.05, 3.63) is 72.1 Å². The normalized spacial score (nSPS) is 18.1. The van der Waals surface area contributed by atoms with E-state index in [1.807, 2.05) is 34.9 Å². The molecule has 1 atom stereocenters. The smallest absolute Gasteiger partial charge is 0.255 e. The van der Waals surface area contributed by atoms with Gasteiger partial charge in [-0.25, -0.2) is 0 Å². The van der Waals surface area contributed by atoms with E-state index < -0.39 is 11.9 Å². The molecule has 1 fully saturated rings. The number of hydrogen-bond donors (Lipinski definition) is 2. The highest BCUT2D eigenvalue weighted by Gasteiger charge is 2.39. The standard InChI is InChI=1S/C23H20N4O4/c24-18-12-26(15-4-2-1-3-5-15)13-20(18)31-16-6-7-17-14(10-16)11-27(23(17)30)19-8-9-21(28)25-22(19)29/h1-7,10,12-13,19H,8-9,11,24H2,(H,25,28,29). The van der Waals surface area contributed by atoms with Gasteiger partial charge >= 0.3 is 0 Å². The van der Waals surface area contributed by atoms with Crippen molar-refractivity contribution in [3.63, 3.8) is 0 Å². The molecule has 0 radical (unpaired) electrons. The van der Waals surface area contributed by atoms with Crippen LogP contribution in [0.5, 0.6) is 11.5 Å². The van der Waals surface area contributed by atoms with Crippen LogP contribution < -0.4 is 15.8 Å². The highest BCUT2D eigenvalue weighted by atomic mass is 16.5. The maximum absolute atomic E-state index is 12.8. The van der Waals surface area contributed by atoms with Gasteiger partial charge in [-0.15, -0.1) is 0 Å². The third-order valence-corrected chi connectivity index (χ3v) is 5.60. The number of nitrogens with two attached hydrogens (primary N) is 1. The first-order valence-corrected chi connectivity index (χ1v) is 9.98. The number of hydrogen-bond acceptors (Lipinski definition) is 5. The molecule has 3 N–H and O–H groups in total. The predicted molar refractivity (Wildman–Crippen MR) is 113 cm³/mol. The van der Waals surface area contributed by atoms with Crippen LogP contribution in [-0.4, -0.2) is 33.2 Å². The highest BCUT2D eigenvalue weighted by molar-refractivity contribution is 6.05. The number of piperidine rings is 1. The summed E-state index contributed by atoms with van der Waals surface area (Å²) in [7, 11) is 0. The lowest BCUT2D eigenvalue weighted by Gasteiger charge is -2.29. The van der Waals surface area contributed by atoms with Crippen molar-refractivity contribution >= 4 is 23.4 Å². The number of aromatic nitrogens is 1. The second-order valence-corrected chi connectivity index (χ2v) is 7.64. The van der Waals surface area contributed by atoms with E-state index in [4.69, 9.17) is 10.5 Å². The SMILES string of the molecule is Nc1cn(-c2ccccc2)cc1Oc1ccc2c(c1)CN(C1CCC(=O)NC1=O)C2=O. The van der Waals surface area contributed by atoms with Gasteiger partial charge in [0.1, 0.15) is 11.8 Å². The molecule has 5 rings (SSSR count). The molecule has 8 nitrogen and oxygen atoms in total. The van der Waals surface area contributed by atoms with Crippen molar-refractivity contribution in [2.75, 3.05) is 5.73 Å². The first-order chi connectivity index (χ1) is 15.0. The molecule has 2 aliphatic rings. The molecule has 0 bridgehead atoms. The number of ether oxygens (including phenoxy) is 1. The van der Waals surface area contributed by atoms with E-state index in [0.717, 1.165) is 11.3 Å². The zero-order valence-corrected chi connectivity index (χ0v) is 16.6. The fourth-order valence-corrected chi connectivity index (χ4v) is 4.03. The van der Waals surface area contributed by atoms with Gasteiger partial charge in [-0.3, -0.25) is 19.7 Å². The summed E-state index contributed by atoms with van der Waals surface area (Å²) in [5, 5.41) is 2.31. The van der Waals surface area contributed by atoms with E-state index in [1.54, 1.807) is 30.6 Å². The van der Waals surface area contributed by atoms with Crippen LogP contribution in [0.4, 0.5) is 5.69 Å². The molecule has 3 aromatic rings. The van der Waals surface area contributed by atoms with E-state index in [9.17, 15) is 14.4 Å². The summed E-state index contributed by atoms with van der Waals surface area (Å²) in [6.07, 6.45) is 4.14. The number of nitrogen functional groups attached to an aromatic ring is 1. The lowest BCUT2D eigenvalue weighted by molar-refractivity contribution is -0.136. The quantitative estimate of drug-likeness (QED) is 0.636. The fraction of sp³-hybridized carbons (Fsp3) is 0.174. The molecule has 31 heavy (non-hydrogen) atoms. The Morgan fingerprint density at radius 1 is 1.03 bits per heavy atom. The van der Waals surface area contributed by atoms with Gasteiger partial charge in [0.05, 0.1) is 11.9 Å². The summed E-state index contributed by atoms with van der Waals surface area (Å²) in [6, 6.07) is 14.3. The minimum Gasteiger partial charge on any atom is -0.454 e. The van der Waals surface area contributed by atoms with Crippen LogP contribution in [-0.2, 0) is 16.1 Å². The Hall–Kier alpha value is -4.07. The van der Waals surface area contributed by atoms with Crippen molar-refractivity contribution in [1.82, 2.24) is 14.8 Å². The Bertz CT molecular complexity index is 1200. The van der Waals surface area contributed by atoms with Crippen molar-refractivity contribution in [2.24, 2.45) is 0 Å². The van der Waals surface area contributed by atoms with Gasteiger partial charge in [0, 0.05) is 30.4 Å². The van der Waals surface area contributed by atoms with Crippen molar-refractivity contribution in [3.8, 4) is 17.2 Å². The molecule has 156 valence electrons. The Kier molecular flexibility index (Phi) is 4.47. The van der Waals surface area contributed by atoms with Crippen LogP contribution in [0, 0.1) is 0 Å². The van der Waals surface area contributed by atoms with Crippen LogP contribution in [0.15, 0.2) is 60.9 Å². The number of benzene rings is 2. The van der Waals surface area contributed by atoms with Gasteiger partial charge in [-0.2, -0.15) is 0 Å². The molecule has 1 unspecified atom stereocenters. The van der Waals surface area contributed by atoms with Crippen LogP contribution in [0.25, 0.3) is 5.69 Å². The highest BCUT2D eigenvalue weighted by Crippen LogP contribution is 2.34. The molecule has 3 heterocycles. The van der Waals surface area contributed by atoms with E-state index in [0.29, 0.717) is 29.2 Å². The van der Waals surface area contributed by atoms with Crippen molar-refractivity contribution in [1.29, 1.82) is 0 Å². The molecular weight excluding hydrogens is 396 g/mol. The molecule has 1 aromatic heterocycles. The van der Waals surface area contributed by atoms with Crippen LogP contribution >= 0.6 is 0 Å². The van der Waals surface area contributed by atoms with Crippen LogP contribution in [0.1, 0.15) is 28.8 Å². The third kappa shape index (κ3) is 3.42. The molecule has 0 aliphatic carbocycles. The van der Waals surface area contributed by atoms with Gasteiger partial charge in [0.2, 0.25) is 11.8 Å². The molecule has 3 amide bonds. The molecule has 8 heteroatoms. The first-order valence-electron chi connectivity index (χ1n) is 9.98. The summed E-state index contributed by atoms with van der Waals surface area (Å²) in [5.74, 6) is 0.111. The number of fused-ring (bicyclic) bond motifs is 1. The Morgan fingerprint density at radius 2 is 1.84 bits per heavy atom. The number of imide groups is 1. The average Bonchev–Trinajstić information content (AvgIpc) is 3.28. The predicted octanol–water partition coefficient (Wildman–Crippen LogP) is 2.61. The number of para-hydroxylation sites is 1. The number of carbonyl (C=O) groups is 3. The van der Waals surface area contributed by atoms with Crippen LogP contribution in [0.2, 0.25) is 0 Å². The second kappa shape index (κ2) is 7.32. The van der Waals surface area contributed by atoms with Gasteiger partial charge in [-0.05, 0) is 42.3 Å². The van der Waals surface area contributed by atoms with Crippen molar-refractivity contribution < 1.29 is 19.1 Å². The maximum atomic E-state index is 12.8. The summed E-state index contributed by atoms with van der Waals surface area (Å²) in [5.41, 5.74) is 8.89. The lowest BCUT2D eigenvalue weighted by atomic mass is 10.0. The zero-order chi connectivity index (χ0) is 21.5. The molecule has 2 aromatic carbocycles. The Morgan fingerprint density at radius 3 is 2.61 bits per heavy atom. The number of carbonyl (C=O) groups excluding carboxylic acids is 3.